The lowest BCUT2D eigenvalue weighted by atomic mass is 9.76. The summed E-state index contributed by atoms with van der Waals surface area (Å²) in [5.41, 5.74) is -0.946. The molecule has 2 atom stereocenters. The summed E-state index contributed by atoms with van der Waals surface area (Å²) in [5, 5.41) is 12.6. The van der Waals surface area contributed by atoms with E-state index in [2.05, 4.69) is 22.2 Å². The summed E-state index contributed by atoms with van der Waals surface area (Å²) in [6.07, 6.45) is 6.18. The van der Waals surface area contributed by atoms with Crippen LogP contribution in [0.2, 0.25) is 0 Å². The SMILES string of the molecule is COc1cncc(NC2(C(=O)O)CCCC(C)C2)n1. The second-order valence-electron chi connectivity index (χ2n) is 5.16. The summed E-state index contributed by atoms with van der Waals surface area (Å²) in [6, 6.07) is 0. The molecule has 0 aliphatic heterocycles. The molecule has 2 N–H and O–H groups in total. The molecule has 1 saturated carbocycles. The summed E-state index contributed by atoms with van der Waals surface area (Å²) in [7, 11) is 1.50. The van der Waals surface area contributed by atoms with Crippen molar-refractivity contribution in [3.05, 3.63) is 12.4 Å². The highest BCUT2D eigenvalue weighted by Gasteiger charge is 2.42. The van der Waals surface area contributed by atoms with E-state index in [1.807, 2.05) is 0 Å². The molecule has 1 aromatic heterocycles. The number of hydrogen-bond donors (Lipinski definition) is 2. The van der Waals surface area contributed by atoms with E-state index >= 15 is 0 Å². The molecule has 0 saturated heterocycles. The zero-order valence-corrected chi connectivity index (χ0v) is 11.2. The summed E-state index contributed by atoms with van der Waals surface area (Å²) >= 11 is 0. The van der Waals surface area contributed by atoms with Crippen LogP contribution >= 0.6 is 0 Å². The second kappa shape index (κ2) is 5.42. The third kappa shape index (κ3) is 2.94. The van der Waals surface area contributed by atoms with Gasteiger partial charge >= 0.3 is 5.97 Å². The standard InChI is InChI=1S/C13H19N3O3/c1-9-4-3-5-13(6-9,12(17)18)16-10-7-14-8-11(15-10)19-2/h7-9H,3-6H2,1-2H3,(H,15,16)(H,17,18). The first-order chi connectivity index (χ1) is 9.05. The zero-order chi connectivity index (χ0) is 13.9. The van der Waals surface area contributed by atoms with E-state index in [1.54, 1.807) is 0 Å². The molecular formula is C13H19N3O3. The number of rotatable bonds is 4. The first-order valence-electron chi connectivity index (χ1n) is 6.43. The molecule has 0 bridgehead atoms. The van der Waals surface area contributed by atoms with Crippen LogP contribution in [0.15, 0.2) is 12.4 Å². The van der Waals surface area contributed by atoms with Crippen molar-refractivity contribution in [2.75, 3.05) is 12.4 Å². The molecule has 2 rings (SSSR count). The van der Waals surface area contributed by atoms with Gasteiger partial charge in [-0.3, -0.25) is 4.98 Å². The van der Waals surface area contributed by atoms with Gasteiger partial charge in [-0.1, -0.05) is 19.8 Å². The van der Waals surface area contributed by atoms with E-state index in [-0.39, 0.29) is 0 Å². The number of aromatic nitrogens is 2. The minimum absolute atomic E-state index is 0.370. The van der Waals surface area contributed by atoms with Crippen LogP contribution < -0.4 is 10.1 Å². The minimum Gasteiger partial charge on any atom is -0.480 e. The molecule has 104 valence electrons. The van der Waals surface area contributed by atoms with Gasteiger partial charge in [0.15, 0.2) is 0 Å². The van der Waals surface area contributed by atoms with E-state index in [1.165, 1.54) is 19.5 Å². The Labute approximate surface area is 112 Å². The van der Waals surface area contributed by atoms with Crippen molar-refractivity contribution in [3.63, 3.8) is 0 Å². The Balaban J connectivity index is 2.23. The van der Waals surface area contributed by atoms with Crippen LogP contribution in [0.1, 0.15) is 32.6 Å². The summed E-state index contributed by atoms with van der Waals surface area (Å²) < 4.78 is 5.00. The van der Waals surface area contributed by atoms with Crippen molar-refractivity contribution < 1.29 is 14.6 Å². The third-order valence-corrected chi connectivity index (χ3v) is 3.60. The van der Waals surface area contributed by atoms with Crippen molar-refractivity contribution in [2.45, 2.75) is 38.1 Å². The Bertz CT molecular complexity index is 466. The minimum atomic E-state index is -0.946. The van der Waals surface area contributed by atoms with Crippen LogP contribution in [0.3, 0.4) is 0 Å². The number of anilines is 1. The topological polar surface area (TPSA) is 84.3 Å². The number of hydrogen-bond acceptors (Lipinski definition) is 5. The van der Waals surface area contributed by atoms with E-state index in [0.29, 0.717) is 30.5 Å². The number of methoxy groups -OCH3 is 1. The highest BCUT2D eigenvalue weighted by atomic mass is 16.5. The summed E-state index contributed by atoms with van der Waals surface area (Å²) in [5.74, 6) is 0.366. The molecular weight excluding hydrogens is 246 g/mol. The fourth-order valence-corrected chi connectivity index (χ4v) is 2.66. The van der Waals surface area contributed by atoms with Crippen LogP contribution in [-0.2, 0) is 4.79 Å². The predicted octanol–water partition coefficient (Wildman–Crippen LogP) is 1.93. The van der Waals surface area contributed by atoms with Crippen molar-refractivity contribution in [1.29, 1.82) is 0 Å². The van der Waals surface area contributed by atoms with Gasteiger partial charge in [0.05, 0.1) is 19.5 Å². The smallest absolute Gasteiger partial charge is 0.329 e. The lowest BCUT2D eigenvalue weighted by Crippen LogP contribution is -2.49. The Morgan fingerprint density at radius 3 is 3.00 bits per heavy atom. The molecule has 0 amide bonds. The number of carboxylic acids is 1. The number of ether oxygens (including phenoxy) is 1. The highest BCUT2D eigenvalue weighted by molar-refractivity contribution is 5.82. The lowest BCUT2D eigenvalue weighted by Gasteiger charge is -2.37. The maximum atomic E-state index is 11.6. The van der Waals surface area contributed by atoms with E-state index in [0.717, 1.165) is 12.8 Å². The first kappa shape index (κ1) is 13.6. The molecule has 1 fully saturated rings. The maximum absolute atomic E-state index is 11.6. The molecule has 6 nitrogen and oxygen atoms in total. The zero-order valence-electron chi connectivity index (χ0n) is 11.2. The van der Waals surface area contributed by atoms with Crippen molar-refractivity contribution in [3.8, 4) is 5.88 Å². The van der Waals surface area contributed by atoms with Gasteiger partial charge in [0.1, 0.15) is 11.4 Å². The van der Waals surface area contributed by atoms with Crippen LogP contribution in [-0.4, -0.2) is 33.7 Å². The number of aliphatic carboxylic acids is 1. The van der Waals surface area contributed by atoms with Gasteiger partial charge in [0.2, 0.25) is 5.88 Å². The number of carboxylic acid groups (broad SMARTS) is 1. The monoisotopic (exact) mass is 265 g/mol. The molecule has 0 aromatic carbocycles. The van der Waals surface area contributed by atoms with Crippen molar-refractivity contribution >= 4 is 11.8 Å². The second-order valence-corrected chi connectivity index (χ2v) is 5.16. The molecule has 1 aliphatic carbocycles. The number of carbonyl (C=O) groups is 1. The number of nitrogens with zero attached hydrogens (tertiary/aromatic N) is 2. The van der Waals surface area contributed by atoms with Gasteiger partial charge in [-0.2, -0.15) is 4.98 Å². The highest BCUT2D eigenvalue weighted by Crippen LogP contribution is 2.35. The quantitative estimate of drug-likeness (QED) is 0.865. The van der Waals surface area contributed by atoms with Crippen LogP contribution in [0.25, 0.3) is 0 Å². The van der Waals surface area contributed by atoms with Gasteiger partial charge in [-0.25, -0.2) is 4.79 Å². The number of nitrogens with one attached hydrogen (secondary N) is 1. The average molecular weight is 265 g/mol. The van der Waals surface area contributed by atoms with E-state index in [9.17, 15) is 9.90 Å². The fourth-order valence-electron chi connectivity index (χ4n) is 2.66. The van der Waals surface area contributed by atoms with Gasteiger partial charge < -0.3 is 15.2 Å². The summed E-state index contributed by atoms with van der Waals surface area (Å²) in [6.45, 7) is 2.08. The van der Waals surface area contributed by atoms with Crippen molar-refractivity contribution in [2.24, 2.45) is 5.92 Å². The van der Waals surface area contributed by atoms with Crippen LogP contribution in [0.5, 0.6) is 5.88 Å². The van der Waals surface area contributed by atoms with Crippen LogP contribution in [0.4, 0.5) is 5.82 Å². The van der Waals surface area contributed by atoms with E-state index in [4.69, 9.17) is 4.74 Å². The molecule has 1 aromatic rings. The van der Waals surface area contributed by atoms with E-state index < -0.39 is 11.5 Å². The van der Waals surface area contributed by atoms with Gasteiger partial charge in [-0.15, -0.1) is 0 Å². The molecule has 1 aliphatic rings. The Morgan fingerprint density at radius 2 is 2.37 bits per heavy atom. The Kier molecular flexibility index (Phi) is 3.87. The van der Waals surface area contributed by atoms with Crippen LogP contribution in [0, 0.1) is 5.92 Å². The molecule has 2 unspecified atom stereocenters. The molecule has 0 spiro atoms. The molecule has 1 heterocycles. The lowest BCUT2D eigenvalue weighted by molar-refractivity contribution is -0.144. The maximum Gasteiger partial charge on any atom is 0.329 e. The first-order valence-corrected chi connectivity index (χ1v) is 6.43. The summed E-state index contributed by atoms with van der Waals surface area (Å²) in [4.78, 5) is 19.8. The Morgan fingerprint density at radius 1 is 1.58 bits per heavy atom. The average Bonchev–Trinajstić information content (AvgIpc) is 2.38. The molecule has 19 heavy (non-hydrogen) atoms. The normalized spacial score (nSPS) is 26.7. The molecule has 6 heteroatoms. The van der Waals surface area contributed by atoms with Crippen molar-refractivity contribution in [1.82, 2.24) is 9.97 Å². The third-order valence-electron chi connectivity index (χ3n) is 3.60. The molecule has 0 radical (unpaired) electrons. The largest absolute Gasteiger partial charge is 0.480 e. The predicted molar refractivity (Wildman–Crippen MR) is 70.2 cm³/mol. The fraction of sp³-hybridized carbons (Fsp3) is 0.615. The van der Waals surface area contributed by atoms with Gasteiger partial charge in [0.25, 0.3) is 0 Å². The van der Waals surface area contributed by atoms with Gasteiger partial charge in [0, 0.05) is 0 Å². The van der Waals surface area contributed by atoms with Gasteiger partial charge in [-0.05, 0) is 18.8 Å². The Hall–Kier alpha value is -1.85.